The predicted octanol–water partition coefficient (Wildman–Crippen LogP) is 4.69. The molecule has 1 fully saturated rings. The lowest BCUT2D eigenvalue weighted by Gasteiger charge is -2.29. The van der Waals surface area contributed by atoms with E-state index >= 15 is 0 Å². The normalized spacial score (nSPS) is 21.0. The topological polar surface area (TPSA) is 84.0 Å². The van der Waals surface area contributed by atoms with Crippen molar-refractivity contribution in [3.8, 4) is 11.5 Å². The molecule has 3 heterocycles. The molecule has 0 spiro atoms. The maximum Gasteiger partial charge on any atom is 0.302 e. The molecule has 0 N–H and O–H groups in total. The first-order valence-electron chi connectivity index (χ1n) is 10.9. The van der Waals surface area contributed by atoms with Crippen LogP contribution in [0.1, 0.15) is 42.1 Å². The van der Waals surface area contributed by atoms with Gasteiger partial charge in [-0.15, -0.1) is 0 Å². The van der Waals surface area contributed by atoms with Gasteiger partial charge in [-0.3, -0.25) is 14.6 Å². The van der Waals surface area contributed by atoms with Crippen molar-refractivity contribution >= 4 is 28.7 Å². The minimum absolute atomic E-state index is 0.168. The Morgan fingerprint density at radius 1 is 1.18 bits per heavy atom. The Labute approximate surface area is 190 Å². The van der Waals surface area contributed by atoms with Crippen LogP contribution in [0.25, 0.3) is 17.0 Å². The number of ether oxygens (including phenoxy) is 4. The van der Waals surface area contributed by atoms with Crippen molar-refractivity contribution in [2.75, 3.05) is 6.61 Å². The highest BCUT2D eigenvalue weighted by Gasteiger charge is 2.29. The van der Waals surface area contributed by atoms with Gasteiger partial charge in [0.05, 0.1) is 17.2 Å². The van der Waals surface area contributed by atoms with Gasteiger partial charge in [-0.2, -0.15) is 0 Å². The Kier molecular flexibility index (Phi) is 5.79. The standard InChI is InChI=1S/C26H23NO6/c1-16(28)30-15-20-5-2-6-25(32-20)31-19-8-9-21-23(14-19)33-24(26(21)29)13-17-7-10-22-18(12-17)4-3-11-27-22/h3-4,7-14,20,25H,2,5-6,15H2,1H3/b24-13-/t20-,25?/m1/s1. The van der Waals surface area contributed by atoms with Crippen LogP contribution in [0.2, 0.25) is 0 Å². The summed E-state index contributed by atoms with van der Waals surface area (Å²) in [6.45, 7) is 1.60. The van der Waals surface area contributed by atoms with Gasteiger partial charge in [0.15, 0.2) is 12.0 Å². The average Bonchev–Trinajstić information content (AvgIpc) is 3.12. The number of rotatable bonds is 5. The summed E-state index contributed by atoms with van der Waals surface area (Å²) in [4.78, 5) is 28.2. The minimum Gasteiger partial charge on any atom is -0.465 e. The molecule has 0 aliphatic carbocycles. The first kappa shape index (κ1) is 21.2. The summed E-state index contributed by atoms with van der Waals surface area (Å²) in [5.41, 5.74) is 2.24. The molecule has 2 aromatic carbocycles. The van der Waals surface area contributed by atoms with Crippen LogP contribution in [0, 0.1) is 0 Å². The molecule has 1 aromatic heterocycles. The van der Waals surface area contributed by atoms with Crippen LogP contribution in [-0.2, 0) is 14.3 Å². The van der Waals surface area contributed by atoms with Gasteiger partial charge >= 0.3 is 5.97 Å². The lowest BCUT2D eigenvalue weighted by Crippen LogP contribution is -2.34. The molecule has 33 heavy (non-hydrogen) atoms. The lowest BCUT2D eigenvalue weighted by molar-refractivity contribution is -0.172. The highest BCUT2D eigenvalue weighted by Crippen LogP contribution is 2.36. The summed E-state index contributed by atoms with van der Waals surface area (Å²) in [6.07, 6.45) is 5.30. The Hall–Kier alpha value is -3.71. The molecule has 7 nitrogen and oxygen atoms in total. The van der Waals surface area contributed by atoms with Crippen LogP contribution < -0.4 is 9.47 Å². The van der Waals surface area contributed by atoms with E-state index in [1.165, 1.54) is 6.92 Å². The highest BCUT2D eigenvalue weighted by atomic mass is 16.7. The van der Waals surface area contributed by atoms with Crippen molar-refractivity contribution in [1.82, 2.24) is 4.98 Å². The second-order valence-electron chi connectivity index (χ2n) is 8.09. The Bertz CT molecular complexity index is 1250. The number of hydrogen-bond acceptors (Lipinski definition) is 7. The number of nitrogens with zero attached hydrogens (tertiary/aromatic N) is 1. The number of carbonyl (C=O) groups is 2. The summed E-state index contributed by atoms with van der Waals surface area (Å²) in [6, 6.07) is 14.8. The number of ketones is 1. The van der Waals surface area contributed by atoms with E-state index < -0.39 is 6.29 Å². The fraction of sp³-hybridized carbons (Fsp3) is 0.269. The van der Waals surface area contributed by atoms with E-state index in [0.717, 1.165) is 35.7 Å². The van der Waals surface area contributed by atoms with E-state index in [1.807, 2.05) is 30.3 Å². The Balaban J connectivity index is 1.28. The van der Waals surface area contributed by atoms with Crippen LogP contribution in [0.5, 0.6) is 11.5 Å². The van der Waals surface area contributed by atoms with Crippen molar-refractivity contribution in [2.24, 2.45) is 0 Å². The number of carbonyl (C=O) groups excluding carboxylic acids is 2. The molecule has 168 valence electrons. The highest BCUT2D eigenvalue weighted by molar-refractivity contribution is 6.14. The molecular weight excluding hydrogens is 422 g/mol. The van der Waals surface area contributed by atoms with Crippen molar-refractivity contribution in [3.63, 3.8) is 0 Å². The van der Waals surface area contributed by atoms with Gasteiger partial charge in [-0.25, -0.2) is 0 Å². The third kappa shape index (κ3) is 4.73. The molecule has 3 aromatic rings. The van der Waals surface area contributed by atoms with Crippen molar-refractivity contribution in [2.45, 2.75) is 38.6 Å². The van der Waals surface area contributed by atoms with E-state index in [0.29, 0.717) is 17.1 Å². The molecule has 0 amide bonds. The number of fused-ring (bicyclic) bond motifs is 2. The number of esters is 1. The third-order valence-electron chi connectivity index (χ3n) is 5.62. The van der Waals surface area contributed by atoms with Gasteiger partial charge in [0.25, 0.3) is 0 Å². The predicted molar refractivity (Wildman–Crippen MR) is 121 cm³/mol. The number of Topliss-reactive ketones (excluding diaryl/α,β-unsaturated/α-hetero) is 1. The van der Waals surface area contributed by atoms with Crippen LogP contribution in [-0.4, -0.2) is 35.7 Å². The molecule has 0 radical (unpaired) electrons. The van der Waals surface area contributed by atoms with Crippen molar-refractivity contribution < 1.29 is 28.5 Å². The maximum atomic E-state index is 12.8. The van der Waals surface area contributed by atoms with Crippen LogP contribution in [0.3, 0.4) is 0 Å². The molecule has 2 aliphatic rings. The molecule has 5 rings (SSSR count). The van der Waals surface area contributed by atoms with Crippen molar-refractivity contribution in [3.05, 3.63) is 71.6 Å². The average molecular weight is 445 g/mol. The van der Waals surface area contributed by atoms with E-state index in [9.17, 15) is 9.59 Å². The van der Waals surface area contributed by atoms with Crippen LogP contribution in [0.15, 0.2) is 60.5 Å². The molecular formula is C26H23NO6. The second kappa shape index (κ2) is 9.03. The van der Waals surface area contributed by atoms with Gasteiger partial charge in [-0.05, 0) is 54.8 Å². The molecule has 0 bridgehead atoms. The summed E-state index contributed by atoms with van der Waals surface area (Å²) < 4.78 is 22.8. The van der Waals surface area contributed by atoms with Crippen LogP contribution >= 0.6 is 0 Å². The maximum absolute atomic E-state index is 12.8. The summed E-state index contributed by atoms with van der Waals surface area (Å²) in [5.74, 6) is 0.779. The fourth-order valence-corrected chi connectivity index (χ4v) is 4.01. The number of hydrogen-bond donors (Lipinski definition) is 0. The van der Waals surface area contributed by atoms with E-state index in [-0.39, 0.29) is 30.2 Å². The molecule has 2 aliphatic heterocycles. The van der Waals surface area contributed by atoms with Gasteiger partial charge < -0.3 is 18.9 Å². The molecule has 1 unspecified atom stereocenters. The zero-order valence-corrected chi connectivity index (χ0v) is 18.2. The van der Waals surface area contributed by atoms with Gasteiger partial charge in [0.2, 0.25) is 5.78 Å². The van der Waals surface area contributed by atoms with E-state index in [4.69, 9.17) is 18.9 Å². The van der Waals surface area contributed by atoms with Gasteiger partial charge in [0, 0.05) is 31.0 Å². The molecule has 7 heteroatoms. The fourth-order valence-electron chi connectivity index (χ4n) is 4.01. The Morgan fingerprint density at radius 3 is 2.97 bits per heavy atom. The van der Waals surface area contributed by atoms with Gasteiger partial charge in [-0.1, -0.05) is 12.1 Å². The first-order chi connectivity index (χ1) is 16.0. The zero-order valence-electron chi connectivity index (χ0n) is 18.2. The van der Waals surface area contributed by atoms with Crippen molar-refractivity contribution in [1.29, 1.82) is 0 Å². The quantitative estimate of drug-likeness (QED) is 0.416. The summed E-state index contributed by atoms with van der Waals surface area (Å²) in [7, 11) is 0. The lowest BCUT2D eigenvalue weighted by atomic mass is 10.1. The SMILES string of the molecule is CC(=O)OC[C@H]1CCCC(Oc2ccc3c(c2)O/C(=C\c2ccc4ncccc4c2)C3=O)O1. The first-order valence-corrected chi connectivity index (χ1v) is 10.9. The minimum atomic E-state index is -0.448. The largest absolute Gasteiger partial charge is 0.465 e. The smallest absolute Gasteiger partial charge is 0.302 e. The summed E-state index contributed by atoms with van der Waals surface area (Å²) in [5, 5.41) is 0.991. The number of aromatic nitrogens is 1. The summed E-state index contributed by atoms with van der Waals surface area (Å²) >= 11 is 0. The monoisotopic (exact) mass is 445 g/mol. The van der Waals surface area contributed by atoms with E-state index in [1.54, 1.807) is 30.5 Å². The molecule has 2 atom stereocenters. The number of benzene rings is 2. The molecule has 1 saturated heterocycles. The Morgan fingerprint density at radius 2 is 2.09 bits per heavy atom. The van der Waals surface area contributed by atoms with E-state index in [2.05, 4.69) is 4.98 Å². The van der Waals surface area contributed by atoms with Crippen LogP contribution in [0.4, 0.5) is 0 Å². The number of allylic oxidation sites excluding steroid dienone is 1. The third-order valence-corrected chi connectivity index (χ3v) is 5.62. The zero-order chi connectivity index (χ0) is 22.8. The molecule has 0 saturated carbocycles. The second-order valence-corrected chi connectivity index (χ2v) is 8.09. The number of pyridine rings is 1. The van der Waals surface area contributed by atoms with Gasteiger partial charge in [0.1, 0.15) is 18.1 Å².